The molecule has 2 heterocycles. The summed E-state index contributed by atoms with van der Waals surface area (Å²) in [6.07, 6.45) is 5.16. The number of amides is 1. The third-order valence-corrected chi connectivity index (χ3v) is 4.75. The van der Waals surface area contributed by atoms with Crippen LogP contribution in [-0.4, -0.2) is 58.6 Å². The summed E-state index contributed by atoms with van der Waals surface area (Å²) >= 11 is 1.47. The van der Waals surface area contributed by atoms with E-state index in [1.807, 2.05) is 29.4 Å². The molecule has 3 rings (SSSR count). The summed E-state index contributed by atoms with van der Waals surface area (Å²) < 4.78 is 0. The van der Waals surface area contributed by atoms with Crippen LogP contribution in [0.4, 0.5) is 0 Å². The second-order valence-corrected chi connectivity index (χ2v) is 6.39. The van der Waals surface area contributed by atoms with E-state index >= 15 is 0 Å². The number of carbonyl (C=O) groups excluding carboxylic acids is 1. The number of likely N-dealkylation sites (N-methyl/N-ethyl adjacent to an activating group) is 1. The van der Waals surface area contributed by atoms with E-state index in [0.717, 1.165) is 13.1 Å². The molecular weight excluding hydrogens is 308 g/mol. The molecule has 6 heteroatoms. The van der Waals surface area contributed by atoms with Gasteiger partial charge in [-0.05, 0) is 18.9 Å². The zero-order chi connectivity index (χ0) is 16.2. The summed E-state index contributed by atoms with van der Waals surface area (Å²) in [6, 6.07) is 10.6. The van der Waals surface area contributed by atoms with E-state index in [1.165, 1.54) is 17.3 Å². The monoisotopic (exact) mass is 328 g/mol. The summed E-state index contributed by atoms with van der Waals surface area (Å²) in [7, 11) is 2.11. The van der Waals surface area contributed by atoms with E-state index in [1.54, 1.807) is 12.4 Å². The van der Waals surface area contributed by atoms with Gasteiger partial charge in [-0.2, -0.15) is 0 Å². The molecule has 5 nitrogen and oxygen atoms in total. The van der Waals surface area contributed by atoms with Crippen molar-refractivity contribution in [2.24, 2.45) is 0 Å². The van der Waals surface area contributed by atoms with Crippen molar-refractivity contribution in [1.29, 1.82) is 0 Å². The van der Waals surface area contributed by atoms with Crippen LogP contribution in [0.5, 0.6) is 0 Å². The van der Waals surface area contributed by atoms with Gasteiger partial charge in [-0.15, -0.1) is 0 Å². The minimum absolute atomic E-state index is 0.00619. The number of hydrogen-bond acceptors (Lipinski definition) is 5. The normalized spacial score (nSPS) is 18.9. The Kier molecular flexibility index (Phi) is 4.93. The fraction of sp³-hybridized carbons (Fsp3) is 0.353. The number of aromatic nitrogens is 2. The molecule has 1 amide bonds. The zero-order valence-corrected chi connectivity index (χ0v) is 14.2. The van der Waals surface area contributed by atoms with Gasteiger partial charge < -0.3 is 4.90 Å². The highest BCUT2D eigenvalue weighted by Crippen LogP contribution is 2.24. The number of rotatable bonds is 3. The smallest absolute Gasteiger partial charge is 0.257 e. The minimum atomic E-state index is 0.00619. The maximum absolute atomic E-state index is 12.7. The number of thioether (sulfide) groups is 1. The molecule has 23 heavy (non-hydrogen) atoms. The molecule has 1 aromatic heterocycles. The molecule has 0 radical (unpaired) electrons. The average molecular weight is 328 g/mol. The molecule has 2 aromatic rings. The molecule has 1 aromatic carbocycles. The van der Waals surface area contributed by atoms with E-state index < -0.39 is 0 Å². The Bertz CT molecular complexity index is 662. The lowest BCUT2D eigenvalue weighted by molar-refractivity contribution is 0.0545. The molecule has 1 aliphatic heterocycles. The molecule has 1 fully saturated rings. The van der Waals surface area contributed by atoms with Crippen molar-refractivity contribution in [2.75, 3.05) is 32.9 Å². The molecule has 0 bridgehead atoms. The van der Waals surface area contributed by atoms with Crippen molar-refractivity contribution in [3.63, 3.8) is 0 Å². The highest BCUT2D eigenvalue weighted by atomic mass is 32.2. The Morgan fingerprint density at radius 2 is 1.87 bits per heavy atom. The van der Waals surface area contributed by atoms with E-state index in [9.17, 15) is 4.79 Å². The zero-order valence-electron chi connectivity index (χ0n) is 13.3. The van der Waals surface area contributed by atoms with Crippen molar-refractivity contribution in [3.8, 4) is 0 Å². The van der Waals surface area contributed by atoms with Crippen LogP contribution in [-0.2, 0) is 0 Å². The SMILES string of the molecule is CSc1ncc(C(=O)N2CCN(C)C(c3ccccc3)C2)cn1. The Hall–Kier alpha value is -1.92. The van der Waals surface area contributed by atoms with Gasteiger partial charge in [0.1, 0.15) is 0 Å². The lowest BCUT2D eigenvalue weighted by Gasteiger charge is -2.39. The third-order valence-electron chi connectivity index (χ3n) is 4.18. The average Bonchev–Trinajstić information content (AvgIpc) is 2.62. The first kappa shape index (κ1) is 16.0. The highest BCUT2D eigenvalue weighted by molar-refractivity contribution is 7.98. The van der Waals surface area contributed by atoms with Crippen LogP contribution in [0, 0.1) is 0 Å². The largest absolute Gasteiger partial charge is 0.335 e. The Labute approximate surface area is 140 Å². The molecule has 120 valence electrons. The fourth-order valence-electron chi connectivity index (χ4n) is 2.81. The van der Waals surface area contributed by atoms with Crippen molar-refractivity contribution >= 4 is 17.7 Å². The quantitative estimate of drug-likeness (QED) is 0.639. The Morgan fingerprint density at radius 1 is 1.17 bits per heavy atom. The van der Waals surface area contributed by atoms with Gasteiger partial charge in [0.15, 0.2) is 5.16 Å². The van der Waals surface area contributed by atoms with Gasteiger partial charge in [0, 0.05) is 32.0 Å². The summed E-state index contributed by atoms with van der Waals surface area (Å²) in [5, 5.41) is 0.682. The summed E-state index contributed by atoms with van der Waals surface area (Å²) in [4.78, 5) is 25.3. The second-order valence-electron chi connectivity index (χ2n) is 5.62. The van der Waals surface area contributed by atoms with Crippen LogP contribution in [0.2, 0.25) is 0 Å². The van der Waals surface area contributed by atoms with Crippen LogP contribution in [0.1, 0.15) is 22.0 Å². The van der Waals surface area contributed by atoms with Gasteiger partial charge in [0.05, 0.1) is 11.6 Å². The lowest BCUT2D eigenvalue weighted by atomic mass is 10.0. The van der Waals surface area contributed by atoms with Gasteiger partial charge in [-0.25, -0.2) is 9.97 Å². The maximum atomic E-state index is 12.7. The van der Waals surface area contributed by atoms with Gasteiger partial charge in [0.2, 0.25) is 0 Å². The maximum Gasteiger partial charge on any atom is 0.257 e. The molecule has 0 N–H and O–H groups in total. The van der Waals surface area contributed by atoms with Gasteiger partial charge >= 0.3 is 0 Å². The van der Waals surface area contributed by atoms with Crippen LogP contribution >= 0.6 is 11.8 Å². The van der Waals surface area contributed by atoms with Crippen LogP contribution in [0.15, 0.2) is 47.9 Å². The van der Waals surface area contributed by atoms with E-state index in [2.05, 4.69) is 34.0 Å². The molecule has 0 saturated carbocycles. The summed E-state index contributed by atoms with van der Waals surface area (Å²) in [6.45, 7) is 2.27. The number of piperazine rings is 1. The molecular formula is C17H20N4OS. The van der Waals surface area contributed by atoms with E-state index in [0.29, 0.717) is 17.3 Å². The van der Waals surface area contributed by atoms with Gasteiger partial charge in [-0.3, -0.25) is 9.69 Å². The number of nitrogens with zero attached hydrogens (tertiary/aromatic N) is 4. The van der Waals surface area contributed by atoms with Gasteiger partial charge in [0.25, 0.3) is 5.91 Å². The first-order chi connectivity index (χ1) is 11.2. The predicted molar refractivity (Wildman–Crippen MR) is 91.5 cm³/mol. The van der Waals surface area contributed by atoms with Crippen LogP contribution in [0.25, 0.3) is 0 Å². The Balaban J connectivity index is 1.76. The van der Waals surface area contributed by atoms with Crippen molar-refractivity contribution < 1.29 is 4.79 Å². The molecule has 1 saturated heterocycles. The Morgan fingerprint density at radius 3 is 2.52 bits per heavy atom. The first-order valence-electron chi connectivity index (χ1n) is 7.59. The number of hydrogen-bond donors (Lipinski definition) is 0. The van der Waals surface area contributed by atoms with Crippen molar-refractivity contribution in [2.45, 2.75) is 11.2 Å². The van der Waals surface area contributed by atoms with Crippen LogP contribution < -0.4 is 0 Å². The molecule has 1 unspecified atom stereocenters. The highest BCUT2D eigenvalue weighted by Gasteiger charge is 2.29. The van der Waals surface area contributed by atoms with Crippen LogP contribution in [0.3, 0.4) is 0 Å². The number of benzene rings is 1. The topological polar surface area (TPSA) is 49.3 Å². The number of carbonyl (C=O) groups is 1. The van der Waals surface area contributed by atoms with Gasteiger partial charge in [-0.1, -0.05) is 42.1 Å². The first-order valence-corrected chi connectivity index (χ1v) is 8.82. The molecule has 0 spiro atoms. The predicted octanol–water partition coefficient (Wildman–Crippen LogP) is 2.33. The van der Waals surface area contributed by atoms with E-state index in [4.69, 9.17) is 0 Å². The second kappa shape index (κ2) is 7.10. The summed E-state index contributed by atoms with van der Waals surface area (Å²) in [5.74, 6) is 0.00619. The van der Waals surface area contributed by atoms with Crippen molar-refractivity contribution in [3.05, 3.63) is 53.9 Å². The fourth-order valence-corrected chi connectivity index (χ4v) is 3.12. The third kappa shape index (κ3) is 3.54. The molecule has 1 atom stereocenters. The van der Waals surface area contributed by atoms with Crippen molar-refractivity contribution in [1.82, 2.24) is 19.8 Å². The lowest BCUT2D eigenvalue weighted by Crippen LogP contribution is -2.49. The molecule has 0 aliphatic carbocycles. The standard InChI is InChI=1S/C17H20N4OS/c1-20-8-9-21(12-15(20)13-6-4-3-5-7-13)16(22)14-10-18-17(23-2)19-11-14/h3-7,10-11,15H,8-9,12H2,1-2H3. The summed E-state index contributed by atoms with van der Waals surface area (Å²) in [5.41, 5.74) is 1.79. The minimum Gasteiger partial charge on any atom is -0.335 e. The molecule has 1 aliphatic rings. The van der Waals surface area contributed by atoms with E-state index in [-0.39, 0.29) is 11.9 Å².